The first-order valence-corrected chi connectivity index (χ1v) is 10.5. The van der Waals surface area contributed by atoms with Crippen molar-refractivity contribution in [1.82, 2.24) is 4.90 Å². The van der Waals surface area contributed by atoms with Crippen molar-refractivity contribution in [3.63, 3.8) is 0 Å². The SMILES string of the molecule is O=[N+]([O-])c1ccc(N2CCCC2)c(CN(Cc2ccccc2)Cc2ccccc2)c1. The van der Waals surface area contributed by atoms with Crippen LogP contribution in [0, 0.1) is 10.1 Å². The normalized spacial score (nSPS) is 13.7. The van der Waals surface area contributed by atoms with Gasteiger partial charge in [-0.25, -0.2) is 0 Å². The first-order chi connectivity index (χ1) is 14.7. The van der Waals surface area contributed by atoms with E-state index in [-0.39, 0.29) is 10.6 Å². The van der Waals surface area contributed by atoms with Crippen LogP contribution in [0.25, 0.3) is 0 Å². The molecule has 0 radical (unpaired) electrons. The Kier molecular flexibility index (Phi) is 6.40. The van der Waals surface area contributed by atoms with Gasteiger partial charge in [0.25, 0.3) is 5.69 Å². The van der Waals surface area contributed by atoms with Gasteiger partial charge in [0.2, 0.25) is 0 Å². The van der Waals surface area contributed by atoms with Crippen LogP contribution in [0.1, 0.15) is 29.5 Å². The molecule has 0 bridgehead atoms. The number of rotatable bonds is 8. The van der Waals surface area contributed by atoms with E-state index < -0.39 is 0 Å². The van der Waals surface area contributed by atoms with Crippen LogP contribution in [0.3, 0.4) is 0 Å². The first kappa shape index (κ1) is 20.1. The number of anilines is 1. The molecule has 1 saturated heterocycles. The average Bonchev–Trinajstić information content (AvgIpc) is 3.30. The highest BCUT2D eigenvalue weighted by molar-refractivity contribution is 5.58. The molecule has 0 aromatic heterocycles. The number of nitro groups is 1. The van der Waals surface area contributed by atoms with Crippen LogP contribution >= 0.6 is 0 Å². The number of hydrogen-bond acceptors (Lipinski definition) is 4. The minimum Gasteiger partial charge on any atom is -0.371 e. The maximum absolute atomic E-state index is 11.4. The lowest BCUT2D eigenvalue weighted by Gasteiger charge is -2.27. The monoisotopic (exact) mass is 401 g/mol. The fraction of sp³-hybridized carbons (Fsp3) is 0.280. The van der Waals surface area contributed by atoms with Crippen molar-refractivity contribution >= 4 is 11.4 Å². The third-order valence-corrected chi connectivity index (χ3v) is 5.61. The lowest BCUT2D eigenvalue weighted by Crippen LogP contribution is -2.25. The van der Waals surface area contributed by atoms with Gasteiger partial charge in [-0.3, -0.25) is 15.0 Å². The van der Waals surface area contributed by atoms with Crippen LogP contribution in [0.2, 0.25) is 0 Å². The minimum absolute atomic E-state index is 0.160. The third kappa shape index (κ3) is 5.05. The van der Waals surface area contributed by atoms with E-state index in [1.165, 1.54) is 24.0 Å². The molecular formula is C25H27N3O2. The van der Waals surface area contributed by atoms with Crippen LogP contribution < -0.4 is 4.90 Å². The first-order valence-electron chi connectivity index (χ1n) is 10.5. The summed E-state index contributed by atoms with van der Waals surface area (Å²) in [4.78, 5) is 15.9. The summed E-state index contributed by atoms with van der Waals surface area (Å²) in [7, 11) is 0. The zero-order chi connectivity index (χ0) is 20.8. The summed E-state index contributed by atoms with van der Waals surface area (Å²) in [5, 5.41) is 11.4. The summed E-state index contributed by atoms with van der Waals surface area (Å²) in [6.45, 7) is 4.28. The fourth-order valence-electron chi connectivity index (χ4n) is 4.17. The molecule has 154 valence electrons. The molecular weight excluding hydrogens is 374 g/mol. The van der Waals surface area contributed by atoms with Gasteiger partial charge in [-0.2, -0.15) is 0 Å². The van der Waals surface area contributed by atoms with Gasteiger partial charge in [0.1, 0.15) is 0 Å². The lowest BCUT2D eigenvalue weighted by molar-refractivity contribution is -0.384. The minimum atomic E-state index is -0.296. The molecule has 1 fully saturated rings. The number of nitrogens with zero attached hydrogens (tertiary/aromatic N) is 3. The van der Waals surface area contributed by atoms with Gasteiger partial charge in [-0.05, 0) is 35.6 Å². The van der Waals surface area contributed by atoms with Crippen molar-refractivity contribution in [2.75, 3.05) is 18.0 Å². The van der Waals surface area contributed by atoms with Crippen molar-refractivity contribution in [2.45, 2.75) is 32.5 Å². The van der Waals surface area contributed by atoms with Gasteiger partial charge in [0, 0.05) is 50.5 Å². The molecule has 0 saturated carbocycles. The molecule has 5 heteroatoms. The molecule has 0 aliphatic carbocycles. The summed E-state index contributed by atoms with van der Waals surface area (Å²) in [6.07, 6.45) is 2.35. The molecule has 0 atom stereocenters. The largest absolute Gasteiger partial charge is 0.371 e. The Hall–Kier alpha value is -3.18. The van der Waals surface area contributed by atoms with E-state index in [2.05, 4.69) is 58.3 Å². The van der Waals surface area contributed by atoms with E-state index in [1.807, 2.05) is 18.2 Å². The van der Waals surface area contributed by atoms with Gasteiger partial charge in [0.05, 0.1) is 4.92 Å². The van der Waals surface area contributed by atoms with Crippen molar-refractivity contribution in [2.24, 2.45) is 0 Å². The second-order valence-corrected chi connectivity index (χ2v) is 7.88. The van der Waals surface area contributed by atoms with E-state index in [9.17, 15) is 10.1 Å². The molecule has 0 N–H and O–H groups in total. The van der Waals surface area contributed by atoms with Crippen LogP contribution in [-0.4, -0.2) is 22.9 Å². The van der Waals surface area contributed by atoms with Gasteiger partial charge in [-0.15, -0.1) is 0 Å². The Morgan fingerprint density at radius 3 is 1.90 bits per heavy atom. The Morgan fingerprint density at radius 1 is 0.800 bits per heavy atom. The molecule has 1 aliphatic heterocycles. The van der Waals surface area contributed by atoms with Crippen LogP contribution in [0.4, 0.5) is 11.4 Å². The summed E-state index contributed by atoms with van der Waals surface area (Å²) in [5.74, 6) is 0. The van der Waals surface area contributed by atoms with Gasteiger partial charge in [-0.1, -0.05) is 60.7 Å². The van der Waals surface area contributed by atoms with E-state index in [4.69, 9.17) is 0 Å². The molecule has 4 rings (SSSR count). The smallest absolute Gasteiger partial charge is 0.269 e. The highest BCUT2D eigenvalue weighted by Crippen LogP contribution is 2.30. The molecule has 0 spiro atoms. The van der Waals surface area contributed by atoms with Gasteiger partial charge >= 0.3 is 0 Å². The van der Waals surface area contributed by atoms with Crippen LogP contribution in [-0.2, 0) is 19.6 Å². The number of hydrogen-bond donors (Lipinski definition) is 0. The fourth-order valence-corrected chi connectivity index (χ4v) is 4.17. The zero-order valence-electron chi connectivity index (χ0n) is 17.1. The predicted octanol–water partition coefficient (Wildman–Crippen LogP) is 5.40. The maximum atomic E-state index is 11.4. The molecule has 0 amide bonds. The summed E-state index contributed by atoms with van der Waals surface area (Å²) in [5.41, 5.74) is 4.79. The Labute approximate surface area is 177 Å². The van der Waals surface area contributed by atoms with Crippen molar-refractivity contribution in [3.8, 4) is 0 Å². The quantitative estimate of drug-likeness (QED) is 0.375. The summed E-state index contributed by atoms with van der Waals surface area (Å²) in [6, 6.07) is 26.1. The number of nitro benzene ring substituents is 1. The second-order valence-electron chi connectivity index (χ2n) is 7.88. The topological polar surface area (TPSA) is 49.6 Å². The van der Waals surface area contributed by atoms with Crippen molar-refractivity contribution in [1.29, 1.82) is 0 Å². The average molecular weight is 402 g/mol. The van der Waals surface area contributed by atoms with Crippen molar-refractivity contribution < 1.29 is 4.92 Å². The highest BCUT2D eigenvalue weighted by Gasteiger charge is 2.20. The molecule has 0 unspecified atom stereocenters. The Morgan fingerprint density at radius 2 is 1.37 bits per heavy atom. The Balaban J connectivity index is 1.65. The van der Waals surface area contributed by atoms with Crippen LogP contribution in [0.5, 0.6) is 0 Å². The predicted molar refractivity (Wildman–Crippen MR) is 120 cm³/mol. The molecule has 5 nitrogen and oxygen atoms in total. The van der Waals surface area contributed by atoms with Crippen LogP contribution in [0.15, 0.2) is 78.9 Å². The third-order valence-electron chi connectivity index (χ3n) is 5.61. The molecule has 1 aliphatic rings. The van der Waals surface area contributed by atoms with E-state index in [0.29, 0.717) is 6.54 Å². The molecule has 1 heterocycles. The van der Waals surface area contributed by atoms with Gasteiger partial charge in [0.15, 0.2) is 0 Å². The number of benzene rings is 3. The van der Waals surface area contributed by atoms with E-state index >= 15 is 0 Å². The standard InChI is InChI=1S/C25H27N3O2/c29-28(30)24-13-14-25(27-15-7-8-16-27)23(17-24)20-26(18-21-9-3-1-4-10-21)19-22-11-5-2-6-12-22/h1-6,9-14,17H,7-8,15-16,18-20H2. The molecule has 3 aromatic carbocycles. The van der Waals surface area contributed by atoms with Gasteiger partial charge < -0.3 is 4.90 Å². The number of non-ortho nitro benzene ring substituents is 1. The Bertz CT molecular complexity index is 929. The van der Waals surface area contributed by atoms with E-state index in [0.717, 1.165) is 37.4 Å². The molecule has 3 aromatic rings. The lowest BCUT2D eigenvalue weighted by atomic mass is 10.1. The highest BCUT2D eigenvalue weighted by atomic mass is 16.6. The van der Waals surface area contributed by atoms with Crippen molar-refractivity contribution in [3.05, 3.63) is 106 Å². The molecule has 30 heavy (non-hydrogen) atoms. The summed E-state index contributed by atoms with van der Waals surface area (Å²) >= 11 is 0. The summed E-state index contributed by atoms with van der Waals surface area (Å²) < 4.78 is 0. The maximum Gasteiger partial charge on any atom is 0.269 e. The zero-order valence-corrected chi connectivity index (χ0v) is 17.1. The second kappa shape index (κ2) is 9.55. The van der Waals surface area contributed by atoms with E-state index in [1.54, 1.807) is 12.1 Å².